The average Bonchev–Trinajstić information content (AvgIpc) is 2.28. The topological polar surface area (TPSA) is 52.6 Å². The number of hydrogen-bond acceptors (Lipinski definition) is 3. The highest BCUT2D eigenvalue weighted by Gasteiger charge is 2.21. The third-order valence-corrected chi connectivity index (χ3v) is 2.52. The lowest BCUT2D eigenvalue weighted by molar-refractivity contribution is -0.121. The molecule has 1 heterocycles. The fraction of sp³-hybridized carbons (Fsp3) is 0.889. The molecule has 0 bridgehead atoms. The molecule has 1 unspecified atom stereocenters. The van der Waals surface area contributed by atoms with Crippen molar-refractivity contribution in [1.29, 1.82) is 0 Å². The van der Waals surface area contributed by atoms with Crippen molar-refractivity contribution in [2.24, 2.45) is 0 Å². The van der Waals surface area contributed by atoms with Crippen molar-refractivity contribution in [1.82, 2.24) is 10.2 Å². The molecule has 0 saturated carbocycles. The molecule has 4 nitrogen and oxygen atoms in total. The molecule has 1 atom stereocenters. The van der Waals surface area contributed by atoms with Crippen LogP contribution >= 0.6 is 0 Å². The van der Waals surface area contributed by atoms with Crippen molar-refractivity contribution in [2.75, 3.05) is 26.2 Å². The van der Waals surface area contributed by atoms with Gasteiger partial charge in [0, 0.05) is 19.1 Å². The summed E-state index contributed by atoms with van der Waals surface area (Å²) in [5.41, 5.74) is 0. The molecule has 1 aliphatic heterocycles. The Labute approximate surface area is 78.9 Å². The Kier molecular flexibility index (Phi) is 4.18. The zero-order valence-electron chi connectivity index (χ0n) is 8.12. The number of nitrogens with zero attached hydrogens (tertiary/aromatic N) is 1. The molecule has 1 saturated heterocycles. The molecule has 0 spiro atoms. The Bertz CT molecular complexity index is 173. The van der Waals surface area contributed by atoms with Gasteiger partial charge >= 0.3 is 0 Å². The van der Waals surface area contributed by atoms with E-state index in [9.17, 15) is 4.79 Å². The minimum atomic E-state index is 0.0735. The molecule has 0 aromatic carbocycles. The molecule has 0 aromatic rings. The molecule has 0 aliphatic carbocycles. The van der Waals surface area contributed by atoms with E-state index >= 15 is 0 Å². The Morgan fingerprint density at radius 1 is 1.69 bits per heavy atom. The van der Waals surface area contributed by atoms with Gasteiger partial charge in [-0.25, -0.2) is 0 Å². The van der Waals surface area contributed by atoms with Gasteiger partial charge < -0.3 is 10.4 Å². The van der Waals surface area contributed by atoms with Gasteiger partial charge in [0.15, 0.2) is 0 Å². The summed E-state index contributed by atoms with van der Waals surface area (Å²) >= 11 is 0. The Balaban J connectivity index is 2.54. The van der Waals surface area contributed by atoms with Crippen LogP contribution in [0.5, 0.6) is 0 Å². The summed E-state index contributed by atoms with van der Waals surface area (Å²) in [6.07, 6.45) is 2.02. The molecular formula is C9H18N2O2. The fourth-order valence-corrected chi connectivity index (χ4v) is 1.78. The van der Waals surface area contributed by atoms with E-state index in [1.54, 1.807) is 0 Å². The lowest BCUT2D eigenvalue weighted by atomic mass is 10.1. The van der Waals surface area contributed by atoms with Gasteiger partial charge in [-0.15, -0.1) is 0 Å². The minimum absolute atomic E-state index is 0.0735. The second-order valence-corrected chi connectivity index (χ2v) is 3.39. The van der Waals surface area contributed by atoms with Gasteiger partial charge in [-0.1, -0.05) is 6.92 Å². The molecule has 1 rings (SSSR count). The van der Waals surface area contributed by atoms with Crippen LogP contribution in [0.2, 0.25) is 0 Å². The van der Waals surface area contributed by atoms with Crippen LogP contribution in [-0.2, 0) is 4.79 Å². The Morgan fingerprint density at radius 2 is 2.46 bits per heavy atom. The van der Waals surface area contributed by atoms with Gasteiger partial charge in [-0.3, -0.25) is 9.69 Å². The highest BCUT2D eigenvalue weighted by atomic mass is 16.3. The van der Waals surface area contributed by atoms with Crippen LogP contribution in [0.3, 0.4) is 0 Å². The van der Waals surface area contributed by atoms with Crippen molar-refractivity contribution in [3.8, 4) is 0 Å². The quantitative estimate of drug-likeness (QED) is 0.629. The van der Waals surface area contributed by atoms with Crippen molar-refractivity contribution in [2.45, 2.75) is 25.8 Å². The standard InChI is InChI=1S/C9H18N2O2/c1-2-8-3-4-10-9(13)7-11(8)5-6-12/h8,12H,2-7H2,1H3,(H,10,13). The third-order valence-electron chi connectivity index (χ3n) is 2.52. The summed E-state index contributed by atoms with van der Waals surface area (Å²) in [7, 11) is 0. The van der Waals surface area contributed by atoms with Crippen molar-refractivity contribution in [3.05, 3.63) is 0 Å². The number of hydrogen-bond donors (Lipinski definition) is 2. The van der Waals surface area contributed by atoms with Crippen LogP contribution in [0.1, 0.15) is 19.8 Å². The maximum atomic E-state index is 11.2. The van der Waals surface area contributed by atoms with E-state index in [-0.39, 0.29) is 12.5 Å². The molecule has 1 fully saturated rings. The summed E-state index contributed by atoms with van der Waals surface area (Å²) in [5, 5.41) is 11.7. The summed E-state index contributed by atoms with van der Waals surface area (Å²) in [6.45, 7) is 4.04. The van der Waals surface area contributed by atoms with Crippen molar-refractivity contribution < 1.29 is 9.90 Å². The molecule has 0 aromatic heterocycles. The second kappa shape index (κ2) is 5.19. The lowest BCUT2D eigenvalue weighted by Gasteiger charge is -2.26. The lowest BCUT2D eigenvalue weighted by Crippen LogP contribution is -2.39. The van der Waals surface area contributed by atoms with Crippen molar-refractivity contribution >= 4 is 5.91 Å². The molecule has 1 amide bonds. The SMILES string of the molecule is CCC1CCNC(=O)CN1CCO. The number of carbonyl (C=O) groups excluding carboxylic acids is 1. The first-order valence-corrected chi connectivity index (χ1v) is 4.89. The van der Waals surface area contributed by atoms with E-state index in [2.05, 4.69) is 17.1 Å². The van der Waals surface area contributed by atoms with E-state index in [0.29, 0.717) is 19.1 Å². The predicted molar refractivity (Wildman–Crippen MR) is 50.4 cm³/mol. The minimum Gasteiger partial charge on any atom is -0.395 e. The maximum absolute atomic E-state index is 11.2. The van der Waals surface area contributed by atoms with E-state index in [1.807, 2.05) is 0 Å². The number of carbonyl (C=O) groups is 1. The zero-order chi connectivity index (χ0) is 9.68. The van der Waals surface area contributed by atoms with E-state index in [1.165, 1.54) is 0 Å². The molecule has 1 aliphatic rings. The van der Waals surface area contributed by atoms with E-state index < -0.39 is 0 Å². The van der Waals surface area contributed by atoms with Crippen LogP contribution in [0.25, 0.3) is 0 Å². The number of aliphatic hydroxyl groups is 1. The van der Waals surface area contributed by atoms with Gasteiger partial charge in [0.2, 0.25) is 5.91 Å². The maximum Gasteiger partial charge on any atom is 0.234 e. The number of rotatable bonds is 3. The van der Waals surface area contributed by atoms with E-state index in [0.717, 1.165) is 19.4 Å². The van der Waals surface area contributed by atoms with Gasteiger partial charge in [0.05, 0.1) is 13.2 Å². The molecule has 4 heteroatoms. The largest absolute Gasteiger partial charge is 0.395 e. The van der Waals surface area contributed by atoms with E-state index in [4.69, 9.17) is 5.11 Å². The van der Waals surface area contributed by atoms with Crippen LogP contribution in [0.15, 0.2) is 0 Å². The first-order valence-electron chi connectivity index (χ1n) is 4.89. The first-order chi connectivity index (χ1) is 6.27. The molecule has 0 radical (unpaired) electrons. The molecular weight excluding hydrogens is 168 g/mol. The average molecular weight is 186 g/mol. The highest BCUT2D eigenvalue weighted by Crippen LogP contribution is 2.09. The van der Waals surface area contributed by atoms with Gasteiger partial charge in [0.25, 0.3) is 0 Å². The predicted octanol–water partition coefficient (Wildman–Crippen LogP) is -0.421. The Hall–Kier alpha value is -0.610. The molecule has 76 valence electrons. The Morgan fingerprint density at radius 3 is 3.08 bits per heavy atom. The van der Waals surface area contributed by atoms with Gasteiger partial charge in [-0.2, -0.15) is 0 Å². The number of amides is 1. The monoisotopic (exact) mass is 186 g/mol. The van der Waals surface area contributed by atoms with Crippen LogP contribution in [0, 0.1) is 0 Å². The van der Waals surface area contributed by atoms with Gasteiger partial charge in [0.1, 0.15) is 0 Å². The summed E-state index contributed by atoms with van der Waals surface area (Å²) < 4.78 is 0. The third kappa shape index (κ3) is 2.97. The highest BCUT2D eigenvalue weighted by molar-refractivity contribution is 5.78. The number of nitrogens with one attached hydrogen (secondary N) is 1. The number of β-amino-alcohol motifs (C(OH)–C–C–N with tert-alkyl or cyclic N) is 1. The first kappa shape index (κ1) is 10.5. The normalized spacial score (nSPS) is 25.4. The summed E-state index contributed by atoms with van der Waals surface area (Å²) in [5.74, 6) is 0.0735. The summed E-state index contributed by atoms with van der Waals surface area (Å²) in [6, 6.07) is 0.436. The smallest absolute Gasteiger partial charge is 0.234 e. The second-order valence-electron chi connectivity index (χ2n) is 3.39. The molecule has 13 heavy (non-hydrogen) atoms. The van der Waals surface area contributed by atoms with Gasteiger partial charge in [-0.05, 0) is 12.8 Å². The number of aliphatic hydroxyl groups excluding tert-OH is 1. The van der Waals surface area contributed by atoms with Crippen LogP contribution < -0.4 is 5.32 Å². The molecule has 2 N–H and O–H groups in total. The van der Waals surface area contributed by atoms with Crippen molar-refractivity contribution in [3.63, 3.8) is 0 Å². The fourth-order valence-electron chi connectivity index (χ4n) is 1.78. The zero-order valence-corrected chi connectivity index (χ0v) is 8.12. The summed E-state index contributed by atoms with van der Waals surface area (Å²) in [4.78, 5) is 13.3. The van der Waals surface area contributed by atoms with Crippen LogP contribution in [0.4, 0.5) is 0 Å². The van der Waals surface area contributed by atoms with Crippen LogP contribution in [-0.4, -0.2) is 48.2 Å².